The summed E-state index contributed by atoms with van der Waals surface area (Å²) >= 11 is 0. The van der Waals surface area contributed by atoms with Gasteiger partial charge in [-0.3, -0.25) is 4.79 Å². The maximum Gasteiger partial charge on any atom is 0.251 e. The molecule has 2 saturated heterocycles. The van der Waals surface area contributed by atoms with E-state index in [4.69, 9.17) is 4.74 Å². The maximum atomic E-state index is 12.9. The number of nitrogens with one attached hydrogen (secondary N) is 2. The number of halogens is 1. The van der Waals surface area contributed by atoms with Gasteiger partial charge in [0, 0.05) is 31.2 Å². The van der Waals surface area contributed by atoms with Crippen molar-refractivity contribution in [1.29, 1.82) is 0 Å². The number of benzene rings is 1. The number of rotatable bonds is 4. The average Bonchev–Trinajstić information content (AvgIpc) is 3.07. The molecule has 2 aliphatic heterocycles. The summed E-state index contributed by atoms with van der Waals surface area (Å²) in [4.78, 5) is 12.5. The van der Waals surface area contributed by atoms with E-state index in [0.29, 0.717) is 18.7 Å². The van der Waals surface area contributed by atoms with Crippen LogP contribution in [0.4, 0.5) is 0 Å². The third-order valence-corrected chi connectivity index (χ3v) is 6.34. The van der Waals surface area contributed by atoms with Crippen molar-refractivity contribution >= 4 is 28.3 Å². The molecule has 3 atom stereocenters. The van der Waals surface area contributed by atoms with Crippen LogP contribution in [0.3, 0.4) is 0 Å². The van der Waals surface area contributed by atoms with E-state index in [1.54, 1.807) is 12.1 Å². The van der Waals surface area contributed by atoms with Crippen LogP contribution in [0.25, 0.3) is 0 Å². The molecular weight excluding hydrogens is 378 g/mol. The molecule has 1 aromatic carbocycles. The first-order chi connectivity index (χ1) is 11.9. The molecule has 26 heavy (non-hydrogen) atoms. The van der Waals surface area contributed by atoms with Gasteiger partial charge in [-0.25, -0.2) is 8.42 Å². The summed E-state index contributed by atoms with van der Waals surface area (Å²) in [5.41, 5.74) is 0.363. The quantitative estimate of drug-likeness (QED) is 0.783. The van der Waals surface area contributed by atoms with E-state index >= 15 is 0 Å². The number of hydrogen-bond acceptors (Lipinski definition) is 5. The van der Waals surface area contributed by atoms with Gasteiger partial charge < -0.3 is 15.4 Å². The Kier molecular flexibility index (Phi) is 7.04. The lowest BCUT2D eigenvalue weighted by Gasteiger charge is -2.34. The van der Waals surface area contributed by atoms with Crippen LogP contribution < -0.4 is 10.6 Å². The van der Waals surface area contributed by atoms with Crippen LogP contribution in [0.1, 0.15) is 30.6 Å². The Labute approximate surface area is 160 Å². The Hall–Kier alpha value is -1.19. The number of morpholine rings is 1. The van der Waals surface area contributed by atoms with Crippen molar-refractivity contribution in [1.82, 2.24) is 14.9 Å². The van der Waals surface area contributed by atoms with Gasteiger partial charge in [0.1, 0.15) is 0 Å². The number of ether oxygens (including phenoxy) is 1. The van der Waals surface area contributed by atoms with E-state index < -0.39 is 10.0 Å². The smallest absolute Gasteiger partial charge is 0.251 e. The van der Waals surface area contributed by atoms with Gasteiger partial charge in [0.15, 0.2) is 0 Å². The Bertz CT molecular complexity index is 727. The molecule has 1 aromatic rings. The molecule has 0 bridgehead atoms. The highest BCUT2D eigenvalue weighted by Crippen LogP contribution is 2.22. The van der Waals surface area contributed by atoms with E-state index in [0.717, 1.165) is 19.5 Å². The molecule has 2 N–H and O–H groups in total. The lowest BCUT2D eigenvalue weighted by atomic mass is 10.2. The SMILES string of the molecule is CC1CN(S(=O)(=O)c2cccc(C(=O)NC3CCNC3)c2)CC(C)O1.Cl. The summed E-state index contributed by atoms with van der Waals surface area (Å²) in [6.45, 7) is 5.98. The highest BCUT2D eigenvalue weighted by atomic mass is 35.5. The number of carbonyl (C=O) groups is 1. The molecule has 0 spiro atoms. The van der Waals surface area contributed by atoms with Crippen molar-refractivity contribution in [2.45, 2.75) is 43.4 Å². The van der Waals surface area contributed by atoms with E-state index in [1.165, 1.54) is 16.4 Å². The molecule has 2 fully saturated rings. The molecule has 2 heterocycles. The topological polar surface area (TPSA) is 87.7 Å². The standard InChI is InChI=1S/C17H25N3O4S.ClH/c1-12-10-20(11-13(2)24-12)25(22,23)16-5-3-4-14(8-16)17(21)19-15-6-7-18-9-15;/h3-5,8,12-13,15,18H,6-7,9-11H2,1-2H3,(H,19,21);1H. The van der Waals surface area contributed by atoms with Crippen molar-refractivity contribution in [2.24, 2.45) is 0 Å². The number of carbonyl (C=O) groups excluding carboxylic acids is 1. The molecule has 7 nitrogen and oxygen atoms in total. The zero-order chi connectivity index (χ0) is 18.0. The Morgan fingerprint density at radius 2 is 1.96 bits per heavy atom. The van der Waals surface area contributed by atoms with Gasteiger partial charge in [-0.2, -0.15) is 4.31 Å². The minimum atomic E-state index is -3.65. The van der Waals surface area contributed by atoms with Crippen LogP contribution >= 0.6 is 12.4 Å². The molecule has 146 valence electrons. The first-order valence-corrected chi connectivity index (χ1v) is 10.1. The van der Waals surface area contributed by atoms with Crippen LogP contribution in [0.2, 0.25) is 0 Å². The predicted molar refractivity (Wildman–Crippen MR) is 101 cm³/mol. The molecule has 0 saturated carbocycles. The van der Waals surface area contributed by atoms with E-state index in [1.807, 2.05) is 13.8 Å². The highest BCUT2D eigenvalue weighted by Gasteiger charge is 2.32. The molecule has 3 rings (SSSR count). The van der Waals surface area contributed by atoms with Crippen molar-refractivity contribution in [3.63, 3.8) is 0 Å². The molecular formula is C17H26ClN3O4S. The summed E-state index contributed by atoms with van der Waals surface area (Å²) in [6.07, 6.45) is 0.576. The predicted octanol–water partition coefficient (Wildman–Crippen LogP) is 0.998. The first-order valence-electron chi connectivity index (χ1n) is 8.63. The molecule has 3 unspecified atom stereocenters. The van der Waals surface area contributed by atoms with Crippen LogP contribution in [0.15, 0.2) is 29.2 Å². The summed E-state index contributed by atoms with van der Waals surface area (Å²) in [6, 6.07) is 6.34. The zero-order valence-corrected chi connectivity index (χ0v) is 16.6. The number of amides is 1. The fraction of sp³-hybridized carbons (Fsp3) is 0.588. The van der Waals surface area contributed by atoms with E-state index in [2.05, 4.69) is 10.6 Å². The van der Waals surface area contributed by atoms with Gasteiger partial charge >= 0.3 is 0 Å². The van der Waals surface area contributed by atoms with Crippen LogP contribution in [-0.4, -0.2) is 63.1 Å². The zero-order valence-electron chi connectivity index (χ0n) is 15.0. The third kappa shape index (κ3) is 4.75. The Balaban J connectivity index is 0.00000243. The van der Waals surface area contributed by atoms with Crippen LogP contribution in [-0.2, 0) is 14.8 Å². The lowest BCUT2D eigenvalue weighted by Crippen LogP contribution is -2.48. The largest absolute Gasteiger partial charge is 0.373 e. The van der Waals surface area contributed by atoms with Crippen molar-refractivity contribution in [2.75, 3.05) is 26.2 Å². The van der Waals surface area contributed by atoms with Gasteiger partial charge in [0.2, 0.25) is 10.0 Å². The average molecular weight is 404 g/mol. The fourth-order valence-corrected chi connectivity index (χ4v) is 4.96. The van der Waals surface area contributed by atoms with Crippen LogP contribution in [0.5, 0.6) is 0 Å². The third-order valence-electron chi connectivity index (χ3n) is 4.52. The maximum absolute atomic E-state index is 12.9. The second kappa shape index (κ2) is 8.67. The molecule has 0 aliphatic carbocycles. The second-order valence-electron chi connectivity index (χ2n) is 6.77. The molecule has 0 radical (unpaired) electrons. The summed E-state index contributed by atoms with van der Waals surface area (Å²) in [5.74, 6) is -0.241. The lowest BCUT2D eigenvalue weighted by molar-refractivity contribution is -0.0440. The fourth-order valence-electron chi connectivity index (χ4n) is 3.32. The Morgan fingerprint density at radius 1 is 1.27 bits per heavy atom. The normalized spacial score (nSPS) is 26.9. The van der Waals surface area contributed by atoms with Gasteiger partial charge in [0.05, 0.1) is 17.1 Å². The summed E-state index contributed by atoms with van der Waals surface area (Å²) < 4.78 is 32.9. The molecule has 0 aromatic heterocycles. The van der Waals surface area contributed by atoms with Crippen LogP contribution in [0, 0.1) is 0 Å². The van der Waals surface area contributed by atoms with Gasteiger partial charge in [0.25, 0.3) is 5.91 Å². The highest BCUT2D eigenvalue weighted by molar-refractivity contribution is 7.89. The van der Waals surface area contributed by atoms with Crippen molar-refractivity contribution in [3.05, 3.63) is 29.8 Å². The monoisotopic (exact) mass is 403 g/mol. The van der Waals surface area contributed by atoms with E-state index in [9.17, 15) is 13.2 Å². The summed E-state index contributed by atoms with van der Waals surface area (Å²) in [5, 5.41) is 6.12. The van der Waals surface area contributed by atoms with Gasteiger partial charge in [-0.05, 0) is 45.0 Å². The molecule has 9 heteroatoms. The molecule has 2 aliphatic rings. The van der Waals surface area contributed by atoms with Gasteiger partial charge in [-0.15, -0.1) is 12.4 Å². The Morgan fingerprint density at radius 3 is 2.58 bits per heavy atom. The first kappa shape index (κ1) is 21.1. The second-order valence-corrected chi connectivity index (χ2v) is 8.71. The number of sulfonamides is 1. The minimum absolute atomic E-state index is 0. The van der Waals surface area contributed by atoms with E-state index in [-0.39, 0.29) is 41.5 Å². The molecule has 1 amide bonds. The summed E-state index contributed by atoms with van der Waals surface area (Å²) in [7, 11) is -3.65. The number of nitrogens with zero attached hydrogens (tertiary/aromatic N) is 1. The van der Waals surface area contributed by atoms with Crippen molar-refractivity contribution < 1.29 is 17.9 Å². The van der Waals surface area contributed by atoms with Gasteiger partial charge in [-0.1, -0.05) is 6.07 Å². The van der Waals surface area contributed by atoms with Crippen molar-refractivity contribution in [3.8, 4) is 0 Å². The number of hydrogen-bond donors (Lipinski definition) is 2. The minimum Gasteiger partial charge on any atom is -0.373 e.